The number of fused-ring (bicyclic) bond motifs is 1. The Balaban J connectivity index is 1.48. The maximum atomic E-state index is 6.22. The molecule has 0 bridgehead atoms. The molecule has 0 N–H and O–H groups in total. The van der Waals surface area contributed by atoms with Gasteiger partial charge in [0, 0.05) is 47.3 Å². The summed E-state index contributed by atoms with van der Waals surface area (Å²) in [6, 6.07) is 9.75. The maximum Gasteiger partial charge on any atom is 0.161 e. The molecular formula is C22H24ClN5O. The van der Waals surface area contributed by atoms with Crippen LogP contribution in [-0.2, 0) is 24.1 Å². The summed E-state index contributed by atoms with van der Waals surface area (Å²) in [5, 5.41) is 5.03. The van der Waals surface area contributed by atoms with Crippen LogP contribution in [0.25, 0.3) is 11.4 Å². The normalized spacial score (nSPS) is 19.2. The van der Waals surface area contributed by atoms with Crippen molar-refractivity contribution in [3.05, 3.63) is 59.0 Å². The Labute approximate surface area is 175 Å². The highest BCUT2D eigenvalue weighted by Crippen LogP contribution is 2.32. The van der Waals surface area contributed by atoms with E-state index < -0.39 is 0 Å². The summed E-state index contributed by atoms with van der Waals surface area (Å²) in [6.07, 6.45) is 8.31. The molecule has 1 aliphatic carbocycles. The van der Waals surface area contributed by atoms with Gasteiger partial charge < -0.3 is 9.64 Å². The summed E-state index contributed by atoms with van der Waals surface area (Å²) >= 11 is 6.22. The second-order valence-corrected chi connectivity index (χ2v) is 8.12. The summed E-state index contributed by atoms with van der Waals surface area (Å²) in [5.41, 5.74) is 3.46. The lowest BCUT2D eigenvalue weighted by Gasteiger charge is -2.35. The first-order valence-corrected chi connectivity index (χ1v) is 10.6. The third-order valence-corrected chi connectivity index (χ3v) is 5.87. The number of hydrogen-bond donors (Lipinski definition) is 0. The minimum atomic E-state index is 0.0903. The number of hydrogen-bond acceptors (Lipinski definition) is 5. The summed E-state index contributed by atoms with van der Waals surface area (Å²) < 4.78 is 7.95. The highest BCUT2D eigenvalue weighted by Gasteiger charge is 2.27. The first-order valence-electron chi connectivity index (χ1n) is 10.3. The zero-order valence-electron chi connectivity index (χ0n) is 16.3. The first kappa shape index (κ1) is 18.6. The van der Waals surface area contributed by atoms with Crippen LogP contribution < -0.4 is 4.90 Å². The third-order valence-electron chi connectivity index (χ3n) is 5.63. The number of aryl methyl sites for hydroxylation is 1. The molecule has 1 fully saturated rings. The predicted molar refractivity (Wildman–Crippen MR) is 113 cm³/mol. The Bertz CT molecular complexity index is 991. The van der Waals surface area contributed by atoms with Gasteiger partial charge in [-0.2, -0.15) is 5.10 Å². The summed E-state index contributed by atoms with van der Waals surface area (Å²) in [7, 11) is 0. The van der Waals surface area contributed by atoms with Gasteiger partial charge in [0.25, 0.3) is 0 Å². The Hall–Kier alpha value is -2.44. The fraction of sp³-hybridized carbons (Fsp3) is 0.409. The van der Waals surface area contributed by atoms with E-state index in [9.17, 15) is 0 Å². The molecule has 0 spiro atoms. The number of morpholine rings is 1. The van der Waals surface area contributed by atoms with Crippen LogP contribution in [0.3, 0.4) is 0 Å². The van der Waals surface area contributed by atoms with Crippen molar-refractivity contribution in [1.29, 1.82) is 0 Å². The second-order valence-electron chi connectivity index (χ2n) is 7.68. The molecule has 29 heavy (non-hydrogen) atoms. The number of halogens is 1. The fourth-order valence-electron chi connectivity index (χ4n) is 4.23. The lowest BCUT2D eigenvalue weighted by atomic mass is 9.95. The fourth-order valence-corrected chi connectivity index (χ4v) is 4.42. The Morgan fingerprint density at radius 1 is 1.14 bits per heavy atom. The number of anilines is 1. The number of benzene rings is 1. The highest BCUT2D eigenvalue weighted by atomic mass is 35.5. The molecule has 0 radical (unpaired) electrons. The van der Waals surface area contributed by atoms with Gasteiger partial charge in [0.2, 0.25) is 0 Å². The molecule has 6 nitrogen and oxygen atoms in total. The largest absolute Gasteiger partial charge is 0.373 e. The van der Waals surface area contributed by atoms with Crippen LogP contribution in [0.1, 0.15) is 24.1 Å². The van der Waals surface area contributed by atoms with Crippen molar-refractivity contribution in [2.75, 3.05) is 24.6 Å². The Morgan fingerprint density at radius 2 is 2.07 bits per heavy atom. The van der Waals surface area contributed by atoms with Crippen LogP contribution in [0.15, 0.2) is 42.7 Å². The van der Waals surface area contributed by atoms with Gasteiger partial charge in [0.05, 0.1) is 19.3 Å². The molecule has 7 heteroatoms. The lowest BCUT2D eigenvalue weighted by Crippen LogP contribution is -2.45. The quantitative estimate of drug-likeness (QED) is 0.656. The predicted octanol–water partition coefficient (Wildman–Crippen LogP) is 3.78. The first-order chi connectivity index (χ1) is 14.3. The number of ether oxygens (including phenoxy) is 1. The van der Waals surface area contributed by atoms with Crippen molar-refractivity contribution in [3.63, 3.8) is 0 Å². The molecule has 150 valence electrons. The number of aromatic nitrogens is 4. The van der Waals surface area contributed by atoms with E-state index in [-0.39, 0.29) is 6.10 Å². The molecule has 3 heterocycles. The lowest BCUT2D eigenvalue weighted by molar-refractivity contribution is 0.0271. The Kier molecular flexibility index (Phi) is 5.21. The zero-order valence-corrected chi connectivity index (χ0v) is 17.1. The molecule has 3 aromatic rings. The summed E-state index contributed by atoms with van der Waals surface area (Å²) in [5.74, 6) is 1.83. The maximum absolute atomic E-state index is 6.22. The van der Waals surface area contributed by atoms with Crippen LogP contribution in [0.4, 0.5) is 5.82 Å². The van der Waals surface area contributed by atoms with Gasteiger partial charge in [0.1, 0.15) is 5.82 Å². The van der Waals surface area contributed by atoms with Crippen molar-refractivity contribution in [3.8, 4) is 11.4 Å². The average Bonchev–Trinajstić information content (AvgIpc) is 3.26. The minimum Gasteiger partial charge on any atom is -0.373 e. The van der Waals surface area contributed by atoms with Crippen molar-refractivity contribution < 1.29 is 4.74 Å². The molecule has 5 rings (SSSR count). The van der Waals surface area contributed by atoms with Gasteiger partial charge in [-0.1, -0.05) is 23.7 Å². The highest BCUT2D eigenvalue weighted by molar-refractivity contribution is 6.30. The molecule has 1 atom stereocenters. The van der Waals surface area contributed by atoms with E-state index in [4.69, 9.17) is 26.3 Å². The topological polar surface area (TPSA) is 56.1 Å². The molecule has 1 aliphatic heterocycles. The van der Waals surface area contributed by atoms with E-state index in [0.717, 1.165) is 49.7 Å². The van der Waals surface area contributed by atoms with Crippen LogP contribution >= 0.6 is 11.6 Å². The van der Waals surface area contributed by atoms with Crippen molar-refractivity contribution in [1.82, 2.24) is 19.7 Å². The molecule has 0 amide bonds. The minimum absolute atomic E-state index is 0.0903. The van der Waals surface area contributed by atoms with E-state index in [2.05, 4.69) is 10.00 Å². The van der Waals surface area contributed by atoms with Gasteiger partial charge in [-0.25, -0.2) is 9.97 Å². The molecule has 2 aliphatic rings. The van der Waals surface area contributed by atoms with Crippen LogP contribution in [-0.4, -0.2) is 45.5 Å². The van der Waals surface area contributed by atoms with E-state index in [1.54, 1.807) is 6.20 Å². The van der Waals surface area contributed by atoms with Gasteiger partial charge in [-0.3, -0.25) is 4.68 Å². The van der Waals surface area contributed by atoms with Crippen LogP contribution in [0.2, 0.25) is 5.02 Å². The Morgan fingerprint density at radius 3 is 2.93 bits per heavy atom. The molecule has 1 aromatic carbocycles. The van der Waals surface area contributed by atoms with Crippen molar-refractivity contribution in [2.24, 2.45) is 0 Å². The smallest absolute Gasteiger partial charge is 0.161 e. The van der Waals surface area contributed by atoms with Gasteiger partial charge in [-0.05, 0) is 43.9 Å². The van der Waals surface area contributed by atoms with Gasteiger partial charge in [-0.15, -0.1) is 0 Å². The van der Waals surface area contributed by atoms with E-state index in [1.807, 2.05) is 41.2 Å². The van der Waals surface area contributed by atoms with Crippen molar-refractivity contribution >= 4 is 17.4 Å². The standard InChI is InChI=1S/C22H24ClN5O/c23-17-6-3-5-16(13-17)21-25-20-8-2-1-7-19(20)22(26-21)27-11-12-29-18(14-27)15-28-10-4-9-24-28/h3-6,9-10,13,18H,1-2,7-8,11-12,14-15H2. The second kappa shape index (κ2) is 8.13. The van der Waals surface area contributed by atoms with E-state index in [1.165, 1.54) is 24.1 Å². The van der Waals surface area contributed by atoms with Gasteiger partial charge >= 0.3 is 0 Å². The number of rotatable bonds is 4. The zero-order chi connectivity index (χ0) is 19.6. The summed E-state index contributed by atoms with van der Waals surface area (Å²) in [6.45, 7) is 3.08. The van der Waals surface area contributed by atoms with Gasteiger partial charge in [0.15, 0.2) is 5.82 Å². The van der Waals surface area contributed by atoms with Crippen LogP contribution in [0.5, 0.6) is 0 Å². The van der Waals surface area contributed by atoms with E-state index in [0.29, 0.717) is 11.6 Å². The average molecular weight is 410 g/mol. The summed E-state index contributed by atoms with van der Waals surface area (Å²) in [4.78, 5) is 12.3. The SMILES string of the molecule is Clc1cccc(-c2nc3c(c(N4CCOC(Cn5cccn5)C4)n2)CCCC3)c1. The molecule has 0 saturated carbocycles. The molecule has 2 aromatic heterocycles. The van der Waals surface area contributed by atoms with Crippen molar-refractivity contribution in [2.45, 2.75) is 38.3 Å². The third kappa shape index (κ3) is 4.00. The molecular weight excluding hydrogens is 386 g/mol. The number of nitrogens with zero attached hydrogens (tertiary/aromatic N) is 5. The monoisotopic (exact) mass is 409 g/mol. The van der Waals surface area contributed by atoms with Crippen LogP contribution in [0, 0.1) is 0 Å². The molecule has 1 saturated heterocycles. The molecule has 1 unspecified atom stereocenters. The van der Waals surface area contributed by atoms with E-state index >= 15 is 0 Å².